The summed E-state index contributed by atoms with van der Waals surface area (Å²) in [7, 11) is 0. The molecule has 0 heterocycles. The third-order valence-electron chi connectivity index (χ3n) is 2.35. The summed E-state index contributed by atoms with van der Waals surface area (Å²) >= 11 is 0. The lowest BCUT2D eigenvalue weighted by Gasteiger charge is -2.04. The second-order valence-electron chi connectivity index (χ2n) is 3.57. The van der Waals surface area contributed by atoms with Crippen molar-refractivity contribution in [3.63, 3.8) is 0 Å². The minimum Gasteiger partial charge on any atom is -0.387 e. The van der Waals surface area contributed by atoms with Crippen molar-refractivity contribution in [2.45, 2.75) is 33.6 Å². The molecule has 0 aliphatic carbocycles. The van der Waals surface area contributed by atoms with Crippen LogP contribution in [0.1, 0.15) is 30.9 Å². The van der Waals surface area contributed by atoms with E-state index in [9.17, 15) is 0 Å². The monoisotopic (exact) mass is 190 g/mol. The van der Waals surface area contributed by atoms with Gasteiger partial charge in [0.25, 0.3) is 0 Å². The van der Waals surface area contributed by atoms with Gasteiger partial charge in [0, 0.05) is 6.42 Å². The topological polar surface area (TPSA) is 38.4 Å². The van der Waals surface area contributed by atoms with E-state index < -0.39 is 0 Å². The fourth-order valence-corrected chi connectivity index (χ4v) is 1.32. The molecule has 0 atom stereocenters. The maximum Gasteiger partial charge on any atom is 0.0996 e. The normalized spacial score (nSPS) is 11.8. The van der Waals surface area contributed by atoms with Gasteiger partial charge < -0.3 is 5.73 Å². The lowest BCUT2D eigenvalue weighted by molar-refractivity contribution is 0.982. The highest BCUT2D eigenvalue weighted by molar-refractivity contribution is 5.83. The van der Waals surface area contributed by atoms with Gasteiger partial charge in [-0.15, -0.1) is 0 Å². The molecule has 0 aliphatic rings. The van der Waals surface area contributed by atoms with Crippen molar-refractivity contribution in [2.75, 3.05) is 0 Å². The van der Waals surface area contributed by atoms with Crippen molar-refractivity contribution < 1.29 is 0 Å². The van der Waals surface area contributed by atoms with Gasteiger partial charge >= 0.3 is 0 Å². The Bertz CT molecular complexity index is 340. The number of amidine groups is 1. The van der Waals surface area contributed by atoms with Crippen LogP contribution in [0.15, 0.2) is 23.2 Å². The van der Waals surface area contributed by atoms with Crippen LogP contribution in [0.3, 0.4) is 0 Å². The third kappa shape index (κ3) is 2.59. The van der Waals surface area contributed by atoms with E-state index in [2.05, 4.69) is 31.8 Å². The first-order valence-electron chi connectivity index (χ1n) is 5.04. The van der Waals surface area contributed by atoms with Crippen LogP contribution < -0.4 is 5.73 Å². The molecule has 0 radical (unpaired) electrons. The number of aryl methyl sites for hydroxylation is 1. The summed E-state index contributed by atoms with van der Waals surface area (Å²) in [4.78, 5) is 4.40. The Kier molecular flexibility index (Phi) is 3.69. The van der Waals surface area contributed by atoms with E-state index in [4.69, 9.17) is 5.73 Å². The molecule has 1 aromatic rings. The van der Waals surface area contributed by atoms with Crippen molar-refractivity contribution in [3.8, 4) is 0 Å². The number of benzene rings is 1. The standard InChI is InChI=1S/C12H18N2/c1-4-6-12(13)14-11-8-5-7-9(2)10(11)3/h5,7-8H,4,6H2,1-3H3,(H2,13,14). The predicted octanol–water partition coefficient (Wildman–Crippen LogP) is 3.09. The molecular weight excluding hydrogens is 172 g/mol. The first-order chi connectivity index (χ1) is 6.65. The number of nitrogens with two attached hydrogens (primary N) is 1. The summed E-state index contributed by atoms with van der Waals surface area (Å²) < 4.78 is 0. The molecule has 0 aliphatic heterocycles. The highest BCUT2D eigenvalue weighted by Gasteiger charge is 1.99. The van der Waals surface area contributed by atoms with Crippen LogP contribution in [-0.4, -0.2) is 5.84 Å². The Morgan fingerprint density at radius 1 is 1.36 bits per heavy atom. The molecule has 76 valence electrons. The fraction of sp³-hybridized carbons (Fsp3) is 0.417. The van der Waals surface area contributed by atoms with Crippen LogP contribution in [0, 0.1) is 13.8 Å². The SMILES string of the molecule is CCCC(N)=Nc1cccc(C)c1C. The molecule has 0 saturated carbocycles. The molecule has 0 saturated heterocycles. The van der Waals surface area contributed by atoms with Gasteiger partial charge in [-0.2, -0.15) is 0 Å². The average Bonchev–Trinajstić information content (AvgIpc) is 2.13. The summed E-state index contributed by atoms with van der Waals surface area (Å²) in [5, 5.41) is 0. The van der Waals surface area contributed by atoms with E-state index in [0.29, 0.717) is 0 Å². The Morgan fingerprint density at radius 2 is 2.07 bits per heavy atom. The van der Waals surface area contributed by atoms with E-state index in [0.717, 1.165) is 24.4 Å². The fourth-order valence-electron chi connectivity index (χ4n) is 1.32. The highest BCUT2D eigenvalue weighted by atomic mass is 14.9. The van der Waals surface area contributed by atoms with Crippen molar-refractivity contribution in [2.24, 2.45) is 10.7 Å². The van der Waals surface area contributed by atoms with Crippen molar-refractivity contribution in [1.82, 2.24) is 0 Å². The molecule has 2 heteroatoms. The van der Waals surface area contributed by atoms with Crippen LogP contribution in [0.5, 0.6) is 0 Å². The lowest BCUT2D eigenvalue weighted by atomic mass is 10.1. The summed E-state index contributed by atoms with van der Waals surface area (Å²) in [6.07, 6.45) is 1.91. The molecule has 0 unspecified atom stereocenters. The van der Waals surface area contributed by atoms with Crippen molar-refractivity contribution in [3.05, 3.63) is 29.3 Å². The highest BCUT2D eigenvalue weighted by Crippen LogP contribution is 2.21. The number of hydrogen-bond donors (Lipinski definition) is 1. The molecule has 0 spiro atoms. The summed E-state index contributed by atoms with van der Waals surface area (Å²) in [6, 6.07) is 6.11. The van der Waals surface area contributed by atoms with E-state index >= 15 is 0 Å². The molecule has 0 aromatic heterocycles. The van der Waals surface area contributed by atoms with E-state index in [1.807, 2.05) is 12.1 Å². The third-order valence-corrected chi connectivity index (χ3v) is 2.35. The van der Waals surface area contributed by atoms with Crippen LogP contribution in [0.4, 0.5) is 5.69 Å². The summed E-state index contributed by atoms with van der Waals surface area (Å²) in [6.45, 7) is 6.27. The Balaban J connectivity index is 2.96. The molecule has 1 rings (SSSR count). The molecule has 2 nitrogen and oxygen atoms in total. The number of rotatable bonds is 3. The zero-order valence-electron chi connectivity index (χ0n) is 9.17. The maximum atomic E-state index is 5.79. The molecular formula is C12H18N2. The molecule has 2 N–H and O–H groups in total. The minimum absolute atomic E-state index is 0.723. The molecule has 0 amide bonds. The number of aliphatic imine (C=N–C) groups is 1. The average molecular weight is 190 g/mol. The summed E-state index contributed by atoms with van der Waals surface area (Å²) in [5.41, 5.74) is 9.26. The van der Waals surface area contributed by atoms with Gasteiger partial charge in [0.2, 0.25) is 0 Å². The summed E-state index contributed by atoms with van der Waals surface area (Å²) in [5.74, 6) is 0.723. The van der Waals surface area contributed by atoms with Crippen molar-refractivity contribution >= 4 is 11.5 Å². The number of hydrogen-bond acceptors (Lipinski definition) is 1. The van der Waals surface area contributed by atoms with Gasteiger partial charge in [-0.25, -0.2) is 4.99 Å². The first-order valence-corrected chi connectivity index (χ1v) is 5.04. The largest absolute Gasteiger partial charge is 0.387 e. The van der Waals surface area contributed by atoms with E-state index in [1.165, 1.54) is 11.1 Å². The van der Waals surface area contributed by atoms with E-state index in [-0.39, 0.29) is 0 Å². The molecule has 0 fully saturated rings. The Morgan fingerprint density at radius 3 is 2.71 bits per heavy atom. The molecule has 14 heavy (non-hydrogen) atoms. The van der Waals surface area contributed by atoms with Gasteiger partial charge in [-0.3, -0.25) is 0 Å². The lowest BCUT2D eigenvalue weighted by Crippen LogP contribution is -2.10. The zero-order chi connectivity index (χ0) is 10.6. The van der Waals surface area contributed by atoms with Gasteiger partial charge in [-0.05, 0) is 37.5 Å². The van der Waals surface area contributed by atoms with Crippen LogP contribution in [0.2, 0.25) is 0 Å². The second-order valence-corrected chi connectivity index (χ2v) is 3.57. The number of nitrogens with zero attached hydrogens (tertiary/aromatic N) is 1. The van der Waals surface area contributed by atoms with Gasteiger partial charge in [-0.1, -0.05) is 19.1 Å². The van der Waals surface area contributed by atoms with Gasteiger partial charge in [0.1, 0.15) is 0 Å². The maximum absolute atomic E-state index is 5.79. The van der Waals surface area contributed by atoms with E-state index in [1.54, 1.807) is 0 Å². The van der Waals surface area contributed by atoms with Crippen LogP contribution in [0.25, 0.3) is 0 Å². The van der Waals surface area contributed by atoms with Gasteiger partial charge in [0.05, 0.1) is 11.5 Å². The Labute approximate surface area is 85.9 Å². The van der Waals surface area contributed by atoms with Crippen molar-refractivity contribution in [1.29, 1.82) is 0 Å². The van der Waals surface area contributed by atoms with Crippen LogP contribution >= 0.6 is 0 Å². The first kappa shape index (κ1) is 10.8. The van der Waals surface area contributed by atoms with Crippen LogP contribution in [-0.2, 0) is 0 Å². The zero-order valence-corrected chi connectivity index (χ0v) is 9.17. The second kappa shape index (κ2) is 4.80. The molecule has 1 aromatic carbocycles. The van der Waals surface area contributed by atoms with Gasteiger partial charge in [0.15, 0.2) is 0 Å². The minimum atomic E-state index is 0.723. The predicted molar refractivity (Wildman–Crippen MR) is 62.1 cm³/mol. The molecule has 0 bridgehead atoms. The Hall–Kier alpha value is -1.31. The smallest absolute Gasteiger partial charge is 0.0996 e. The quantitative estimate of drug-likeness (QED) is 0.577.